The first-order valence-corrected chi connectivity index (χ1v) is 6.11. The first-order valence-electron chi connectivity index (χ1n) is 6.11. The lowest BCUT2D eigenvalue weighted by atomic mass is 10.1. The Balaban J connectivity index is 2.38. The number of aliphatic imine (C=N–C) groups is 1. The van der Waals surface area contributed by atoms with E-state index in [1.807, 2.05) is 0 Å². The van der Waals surface area contributed by atoms with E-state index in [-0.39, 0.29) is 5.91 Å². The van der Waals surface area contributed by atoms with Crippen molar-refractivity contribution in [3.63, 3.8) is 0 Å². The van der Waals surface area contributed by atoms with Crippen LogP contribution in [0, 0.1) is 0 Å². The van der Waals surface area contributed by atoms with Crippen molar-refractivity contribution >= 4 is 23.5 Å². The van der Waals surface area contributed by atoms with E-state index < -0.39 is 5.91 Å². The van der Waals surface area contributed by atoms with Gasteiger partial charge in [0.05, 0.1) is 23.2 Å². The number of rotatable bonds is 5. The van der Waals surface area contributed by atoms with Crippen molar-refractivity contribution in [2.24, 2.45) is 4.99 Å². The van der Waals surface area contributed by atoms with Crippen LogP contribution in [0.15, 0.2) is 35.8 Å². The van der Waals surface area contributed by atoms with Crippen LogP contribution in [-0.4, -0.2) is 38.8 Å². The smallest absolute Gasteiger partial charge is 0.288 e. The molecule has 6 heteroatoms. The minimum absolute atomic E-state index is 0.215. The second-order valence-electron chi connectivity index (χ2n) is 4.16. The number of carbonyl (C=O) groups is 1. The standard InChI is InChI=1S/C14H17N3O3/c1-4-8-15-13(18)10-6-5-7-11-12(10)17-14(19-2,20-3)9-16-11/h4-7,9,17H,1,8H2,2-3H3,(H,15,18). The average Bonchev–Trinajstić information content (AvgIpc) is 2.51. The minimum Gasteiger partial charge on any atom is -0.349 e. The highest BCUT2D eigenvalue weighted by Crippen LogP contribution is 2.34. The van der Waals surface area contributed by atoms with Crippen LogP contribution in [0.1, 0.15) is 10.4 Å². The lowest BCUT2D eigenvalue weighted by molar-refractivity contribution is -0.128. The molecule has 0 atom stereocenters. The minimum atomic E-state index is -1.16. The maximum Gasteiger partial charge on any atom is 0.288 e. The summed E-state index contributed by atoms with van der Waals surface area (Å²) < 4.78 is 10.5. The zero-order chi connectivity index (χ0) is 14.6. The van der Waals surface area contributed by atoms with Crippen LogP contribution in [-0.2, 0) is 9.47 Å². The van der Waals surface area contributed by atoms with Gasteiger partial charge in [0.1, 0.15) is 0 Å². The molecule has 0 bridgehead atoms. The molecule has 6 nitrogen and oxygen atoms in total. The number of carbonyl (C=O) groups excluding carboxylic acids is 1. The van der Waals surface area contributed by atoms with Crippen molar-refractivity contribution < 1.29 is 14.3 Å². The number of amides is 1. The predicted octanol–water partition coefficient (Wildman–Crippen LogP) is 1.68. The molecule has 0 aliphatic carbocycles. The molecule has 1 aliphatic heterocycles. The molecule has 1 aliphatic rings. The second kappa shape index (κ2) is 5.85. The maximum atomic E-state index is 12.1. The lowest BCUT2D eigenvalue weighted by Crippen LogP contribution is -2.46. The number of para-hydroxylation sites is 1. The summed E-state index contributed by atoms with van der Waals surface area (Å²) >= 11 is 0. The zero-order valence-electron chi connectivity index (χ0n) is 11.5. The van der Waals surface area contributed by atoms with Crippen molar-refractivity contribution in [3.05, 3.63) is 36.4 Å². The van der Waals surface area contributed by atoms with E-state index in [0.29, 0.717) is 23.5 Å². The molecule has 20 heavy (non-hydrogen) atoms. The summed E-state index contributed by atoms with van der Waals surface area (Å²) in [5, 5.41) is 5.79. The number of hydrogen-bond acceptors (Lipinski definition) is 5. The summed E-state index contributed by atoms with van der Waals surface area (Å²) in [6.07, 6.45) is 3.13. The summed E-state index contributed by atoms with van der Waals surface area (Å²) in [7, 11) is 2.99. The van der Waals surface area contributed by atoms with Gasteiger partial charge in [-0.1, -0.05) is 12.1 Å². The van der Waals surface area contributed by atoms with Crippen LogP contribution in [0.3, 0.4) is 0 Å². The molecule has 0 aromatic heterocycles. The second-order valence-corrected chi connectivity index (χ2v) is 4.16. The molecule has 0 saturated heterocycles. The molecule has 0 radical (unpaired) electrons. The van der Waals surface area contributed by atoms with E-state index in [9.17, 15) is 4.79 Å². The molecule has 1 heterocycles. The van der Waals surface area contributed by atoms with Crippen LogP contribution >= 0.6 is 0 Å². The van der Waals surface area contributed by atoms with Crippen LogP contribution in [0.5, 0.6) is 0 Å². The third-order valence-corrected chi connectivity index (χ3v) is 2.97. The summed E-state index contributed by atoms with van der Waals surface area (Å²) in [6.45, 7) is 3.96. The number of benzene rings is 1. The highest BCUT2D eigenvalue weighted by molar-refractivity contribution is 6.04. The Labute approximate surface area is 117 Å². The molecule has 2 rings (SSSR count). The van der Waals surface area contributed by atoms with Gasteiger partial charge in [0.2, 0.25) is 0 Å². The van der Waals surface area contributed by atoms with E-state index in [4.69, 9.17) is 9.47 Å². The Bertz CT molecular complexity index is 551. The van der Waals surface area contributed by atoms with Crippen LogP contribution in [0.4, 0.5) is 11.4 Å². The van der Waals surface area contributed by atoms with E-state index in [0.717, 1.165) is 0 Å². The number of hydrogen-bond donors (Lipinski definition) is 2. The number of ether oxygens (including phenoxy) is 2. The average molecular weight is 275 g/mol. The van der Waals surface area contributed by atoms with E-state index in [2.05, 4.69) is 22.2 Å². The summed E-state index contributed by atoms with van der Waals surface area (Å²) in [5.74, 6) is -1.38. The molecule has 0 saturated carbocycles. The van der Waals surface area contributed by atoms with Gasteiger partial charge in [-0.05, 0) is 12.1 Å². The van der Waals surface area contributed by atoms with Crippen molar-refractivity contribution in [3.8, 4) is 0 Å². The molecular weight excluding hydrogens is 258 g/mol. The lowest BCUT2D eigenvalue weighted by Gasteiger charge is -2.32. The number of methoxy groups -OCH3 is 2. The highest BCUT2D eigenvalue weighted by atomic mass is 16.7. The van der Waals surface area contributed by atoms with E-state index in [1.165, 1.54) is 20.4 Å². The maximum absolute atomic E-state index is 12.1. The van der Waals surface area contributed by atoms with Gasteiger partial charge in [-0.15, -0.1) is 6.58 Å². The van der Waals surface area contributed by atoms with Gasteiger partial charge in [0, 0.05) is 20.8 Å². The van der Waals surface area contributed by atoms with Gasteiger partial charge in [-0.2, -0.15) is 0 Å². The number of nitrogens with zero attached hydrogens (tertiary/aromatic N) is 1. The van der Waals surface area contributed by atoms with Gasteiger partial charge in [-0.25, -0.2) is 0 Å². The molecular formula is C14H17N3O3. The Morgan fingerprint density at radius 2 is 2.25 bits per heavy atom. The van der Waals surface area contributed by atoms with Crippen molar-refractivity contribution in [1.82, 2.24) is 5.32 Å². The Morgan fingerprint density at radius 1 is 1.50 bits per heavy atom. The quantitative estimate of drug-likeness (QED) is 0.633. The molecule has 0 unspecified atom stereocenters. The fraction of sp³-hybridized carbons (Fsp3) is 0.286. The van der Waals surface area contributed by atoms with Crippen molar-refractivity contribution in [1.29, 1.82) is 0 Å². The third kappa shape index (κ3) is 2.56. The van der Waals surface area contributed by atoms with Gasteiger partial charge in [-0.3, -0.25) is 9.79 Å². The molecule has 0 spiro atoms. The number of nitrogens with one attached hydrogen (secondary N) is 2. The predicted molar refractivity (Wildman–Crippen MR) is 77.5 cm³/mol. The first kappa shape index (κ1) is 14.2. The number of fused-ring (bicyclic) bond motifs is 1. The molecule has 1 aromatic rings. The van der Waals surface area contributed by atoms with Crippen LogP contribution < -0.4 is 10.6 Å². The van der Waals surface area contributed by atoms with Crippen LogP contribution in [0.25, 0.3) is 0 Å². The van der Waals surface area contributed by atoms with E-state index in [1.54, 1.807) is 24.3 Å². The summed E-state index contributed by atoms with van der Waals surface area (Å²) in [6, 6.07) is 5.28. The molecule has 106 valence electrons. The van der Waals surface area contributed by atoms with Gasteiger partial charge >= 0.3 is 0 Å². The fourth-order valence-electron chi connectivity index (χ4n) is 1.88. The SMILES string of the molecule is C=CCNC(=O)c1cccc2c1NC(OC)(OC)C=N2. The molecule has 0 fully saturated rings. The van der Waals surface area contributed by atoms with Crippen LogP contribution in [0.2, 0.25) is 0 Å². The highest BCUT2D eigenvalue weighted by Gasteiger charge is 2.33. The number of anilines is 1. The first-order chi connectivity index (χ1) is 9.65. The van der Waals surface area contributed by atoms with Gasteiger partial charge in [0.25, 0.3) is 11.8 Å². The monoisotopic (exact) mass is 275 g/mol. The largest absolute Gasteiger partial charge is 0.349 e. The fourth-order valence-corrected chi connectivity index (χ4v) is 1.88. The summed E-state index contributed by atoms with van der Waals surface area (Å²) in [4.78, 5) is 16.4. The molecule has 1 aromatic carbocycles. The third-order valence-electron chi connectivity index (χ3n) is 2.97. The van der Waals surface area contributed by atoms with Crippen molar-refractivity contribution in [2.75, 3.05) is 26.1 Å². The zero-order valence-corrected chi connectivity index (χ0v) is 11.5. The Kier molecular flexibility index (Phi) is 4.16. The Morgan fingerprint density at radius 3 is 2.90 bits per heavy atom. The topological polar surface area (TPSA) is 72.0 Å². The van der Waals surface area contributed by atoms with E-state index >= 15 is 0 Å². The summed E-state index contributed by atoms with van der Waals surface area (Å²) in [5.41, 5.74) is 1.70. The van der Waals surface area contributed by atoms with Gasteiger partial charge in [0.15, 0.2) is 0 Å². The molecule has 2 N–H and O–H groups in total. The normalized spacial score (nSPS) is 15.1. The Hall–Kier alpha value is -2.18. The van der Waals surface area contributed by atoms with Crippen molar-refractivity contribution in [2.45, 2.75) is 5.91 Å². The van der Waals surface area contributed by atoms with Gasteiger partial charge < -0.3 is 20.1 Å². The molecule has 1 amide bonds.